The van der Waals surface area contributed by atoms with Crippen molar-refractivity contribution in [1.29, 1.82) is 0 Å². The lowest BCUT2D eigenvalue weighted by molar-refractivity contribution is 0.191. The standard InChI is InChI=1S/C14H21NO/c1-11(8-9-16-2)15-14-7-6-12-4-3-5-13(12)10-14/h6-7,10-11,15H,3-5,8-9H2,1-2H3. The normalized spacial score (nSPS) is 15.9. The van der Waals surface area contributed by atoms with Crippen molar-refractivity contribution in [2.24, 2.45) is 0 Å². The average molecular weight is 219 g/mol. The second kappa shape index (κ2) is 5.35. The summed E-state index contributed by atoms with van der Waals surface area (Å²) in [6.45, 7) is 3.02. The Kier molecular flexibility index (Phi) is 3.83. The van der Waals surface area contributed by atoms with Crippen molar-refractivity contribution in [3.05, 3.63) is 29.3 Å². The highest BCUT2D eigenvalue weighted by Gasteiger charge is 2.11. The number of rotatable bonds is 5. The summed E-state index contributed by atoms with van der Waals surface area (Å²) in [5.74, 6) is 0. The van der Waals surface area contributed by atoms with Gasteiger partial charge in [-0.05, 0) is 55.9 Å². The molecular formula is C14H21NO. The van der Waals surface area contributed by atoms with Crippen molar-refractivity contribution in [2.75, 3.05) is 19.0 Å². The molecule has 0 saturated heterocycles. The maximum absolute atomic E-state index is 5.08. The molecule has 1 atom stereocenters. The molecule has 1 aromatic carbocycles. The molecular weight excluding hydrogens is 198 g/mol. The van der Waals surface area contributed by atoms with Gasteiger partial charge in [0, 0.05) is 25.4 Å². The van der Waals surface area contributed by atoms with Crippen LogP contribution in [0.15, 0.2) is 18.2 Å². The summed E-state index contributed by atoms with van der Waals surface area (Å²) >= 11 is 0. The summed E-state index contributed by atoms with van der Waals surface area (Å²) in [6.07, 6.45) is 4.87. The van der Waals surface area contributed by atoms with Crippen LogP contribution in [-0.2, 0) is 17.6 Å². The molecule has 0 aliphatic heterocycles. The number of fused-ring (bicyclic) bond motifs is 1. The van der Waals surface area contributed by atoms with E-state index in [0.29, 0.717) is 6.04 Å². The van der Waals surface area contributed by atoms with Gasteiger partial charge in [0.25, 0.3) is 0 Å². The third-order valence-electron chi connectivity index (χ3n) is 3.27. The monoisotopic (exact) mass is 219 g/mol. The van der Waals surface area contributed by atoms with Gasteiger partial charge in [0.1, 0.15) is 0 Å². The van der Waals surface area contributed by atoms with E-state index in [9.17, 15) is 0 Å². The van der Waals surface area contributed by atoms with E-state index in [-0.39, 0.29) is 0 Å². The van der Waals surface area contributed by atoms with Gasteiger partial charge in [-0.1, -0.05) is 6.07 Å². The number of ether oxygens (including phenoxy) is 1. The van der Waals surface area contributed by atoms with Crippen LogP contribution in [0.4, 0.5) is 5.69 Å². The van der Waals surface area contributed by atoms with Crippen LogP contribution in [0.5, 0.6) is 0 Å². The molecule has 2 heteroatoms. The zero-order valence-corrected chi connectivity index (χ0v) is 10.3. The van der Waals surface area contributed by atoms with Crippen molar-refractivity contribution in [3.8, 4) is 0 Å². The van der Waals surface area contributed by atoms with Crippen molar-refractivity contribution in [3.63, 3.8) is 0 Å². The Labute approximate surface area is 98.0 Å². The Morgan fingerprint density at radius 3 is 2.94 bits per heavy atom. The van der Waals surface area contributed by atoms with Crippen LogP contribution in [0.2, 0.25) is 0 Å². The fourth-order valence-electron chi connectivity index (χ4n) is 2.31. The van der Waals surface area contributed by atoms with E-state index in [0.717, 1.165) is 13.0 Å². The molecule has 0 radical (unpaired) electrons. The first-order chi connectivity index (χ1) is 7.79. The van der Waals surface area contributed by atoms with Crippen molar-refractivity contribution >= 4 is 5.69 Å². The Hall–Kier alpha value is -1.02. The number of nitrogens with one attached hydrogen (secondary N) is 1. The van der Waals surface area contributed by atoms with Crippen molar-refractivity contribution < 1.29 is 4.74 Å². The minimum absolute atomic E-state index is 0.472. The Balaban J connectivity index is 1.94. The van der Waals surface area contributed by atoms with Crippen LogP contribution in [-0.4, -0.2) is 19.8 Å². The van der Waals surface area contributed by atoms with Crippen molar-refractivity contribution in [2.45, 2.75) is 38.6 Å². The summed E-state index contributed by atoms with van der Waals surface area (Å²) < 4.78 is 5.08. The first-order valence-electron chi connectivity index (χ1n) is 6.17. The van der Waals surface area contributed by atoms with E-state index in [1.54, 1.807) is 7.11 Å². The second-order valence-corrected chi connectivity index (χ2v) is 4.66. The molecule has 1 aliphatic carbocycles. The predicted molar refractivity (Wildman–Crippen MR) is 68.0 cm³/mol. The van der Waals surface area contributed by atoms with E-state index in [1.807, 2.05) is 0 Å². The Morgan fingerprint density at radius 2 is 2.12 bits per heavy atom. The lowest BCUT2D eigenvalue weighted by atomic mass is 10.1. The fourth-order valence-corrected chi connectivity index (χ4v) is 2.31. The first kappa shape index (κ1) is 11.5. The molecule has 0 spiro atoms. The maximum Gasteiger partial charge on any atom is 0.0481 e. The second-order valence-electron chi connectivity index (χ2n) is 4.66. The number of benzene rings is 1. The summed E-state index contributed by atoms with van der Waals surface area (Å²) in [5, 5.41) is 3.53. The molecule has 0 bridgehead atoms. The van der Waals surface area contributed by atoms with Crippen LogP contribution in [0, 0.1) is 0 Å². The van der Waals surface area contributed by atoms with Gasteiger partial charge in [0.05, 0.1) is 0 Å². The highest BCUT2D eigenvalue weighted by atomic mass is 16.5. The van der Waals surface area contributed by atoms with Gasteiger partial charge in [-0.2, -0.15) is 0 Å². The zero-order valence-electron chi connectivity index (χ0n) is 10.3. The molecule has 1 aliphatic rings. The molecule has 16 heavy (non-hydrogen) atoms. The number of anilines is 1. The van der Waals surface area contributed by atoms with Crippen LogP contribution >= 0.6 is 0 Å². The maximum atomic E-state index is 5.08. The number of hydrogen-bond donors (Lipinski definition) is 1. The van der Waals surface area contributed by atoms with E-state index in [1.165, 1.54) is 36.1 Å². The fraction of sp³-hybridized carbons (Fsp3) is 0.571. The summed E-state index contributed by atoms with van der Waals surface area (Å²) in [4.78, 5) is 0. The van der Waals surface area contributed by atoms with Crippen LogP contribution < -0.4 is 5.32 Å². The number of aryl methyl sites for hydroxylation is 2. The molecule has 0 aromatic heterocycles. The predicted octanol–water partition coefficient (Wildman–Crippen LogP) is 3.01. The van der Waals surface area contributed by atoms with E-state index >= 15 is 0 Å². The number of methoxy groups -OCH3 is 1. The van der Waals surface area contributed by atoms with Gasteiger partial charge in [-0.15, -0.1) is 0 Å². The Morgan fingerprint density at radius 1 is 1.31 bits per heavy atom. The van der Waals surface area contributed by atoms with Gasteiger partial charge < -0.3 is 10.1 Å². The molecule has 0 saturated carbocycles. The number of hydrogen-bond acceptors (Lipinski definition) is 2. The molecule has 2 rings (SSSR count). The SMILES string of the molecule is COCCC(C)Nc1ccc2c(c1)CCC2. The quantitative estimate of drug-likeness (QED) is 0.822. The van der Waals surface area contributed by atoms with Crippen LogP contribution in [0.3, 0.4) is 0 Å². The van der Waals surface area contributed by atoms with Crippen LogP contribution in [0.1, 0.15) is 30.9 Å². The van der Waals surface area contributed by atoms with Gasteiger partial charge in [0.2, 0.25) is 0 Å². The molecule has 0 amide bonds. The lowest BCUT2D eigenvalue weighted by Gasteiger charge is -2.15. The molecule has 0 heterocycles. The van der Waals surface area contributed by atoms with Crippen LogP contribution in [0.25, 0.3) is 0 Å². The van der Waals surface area contributed by atoms with Gasteiger partial charge in [-0.25, -0.2) is 0 Å². The molecule has 1 aromatic rings. The van der Waals surface area contributed by atoms with Gasteiger partial charge in [-0.3, -0.25) is 0 Å². The minimum atomic E-state index is 0.472. The smallest absolute Gasteiger partial charge is 0.0481 e. The molecule has 1 unspecified atom stereocenters. The van der Waals surface area contributed by atoms with E-state index in [2.05, 4.69) is 30.4 Å². The topological polar surface area (TPSA) is 21.3 Å². The van der Waals surface area contributed by atoms with Gasteiger partial charge >= 0.3 is 0 Å². The first-order valence-corrected chi connectivity index (χ1v) is 6.17. The van der Waals surface area contributed by atoms with E-state index in [4.69, 9.17) is 4.74 Å². The molecule has 1 N–H and O–H groups in total. The Bertz CT molecular complexity index is 349. The molecule has 0 fully saturated rings. The van der Waals surface area contributed by atoms with Crippen molar-refractivity contribution in [1.82, 2.24) is 0 Å². The minimum Gasteiger partial charge on any atom is -0.385 e. The van der Waals surface area contributed by atoms with E-state index < -0.39 is 0 Å². The van der Waals surface area contributed by atoms with Gasteiger partial charge in [0.15, 0.2) is 0 Å². The third kappa shape index (κ3) is 2.76. The summed E-state index contributed by atoms with van der Waals surface area (Å²) in [7, 11) is 1.75. The highest BCUT2D eigenvalue weighted by Crippen LogP contribution is 2.25. The lowest BCUT2D eigenvalue weighted by Crippen LogP contribution is -2.17. The molecule has 2 nitrogen and oxygen atoms in total. The third-order valence-corrected chi connectivity index (χ3v) is 3.27. The largest absolute Gasteiger partial charge is 0.385 e. The zero-order chi connectivity index (χ0) is 11.4. The highest BCUT2D eigenvalue weighted by molar-refractivity contribution is 5.50. The average Bonchev–Trinajstić information content (AvgIpc) is 2.73. The molecule has 88 valence electrons. The summed E-state index contributed by atoms with van der Waals surface area (Å²) in [6, 6.07) is 7.26. The summed E-state index contributed by atoms with van der Waals surface area (Å²) in [5.41, 5.74) is 4.32.